The minimum atomic E-state index is -1.11. The van der Waals surface area contributed by atoms with Crippen LogP contribution in [0.25, 0.3) is 10.9 Å². The second-order valence-electron chi connectivity index (χ2n) is 10.3. The van der Waals surface area contributed by atoms with E-state index in [2.05, 4.69) is 10.4 Å². The van der Waals surface area contributed by atoms with Crippen LogP contribution in [0.4, 0.5) is 4.79 Å². The van der Waals surface area contributed by atoms with Crippen LogP contribution in [0.3, 0.4) is 0 Å². The van der Waals surface area contributed by atoms with E-state index >= 15 is 0 Å². The van der Waals surface area contributed by atoms with Gasteiger partial charge in [-0.2, -0.15) is 5.10 Å². The zero-order valence-electron chi connectivity index (χ0n) is 21.3. The average molecular weight is 489 g/mol. The number of carboxylic acid groups (broad SMARTS) is 1. The Morgan fingerprint density at radius 3 is 2.54 bits per heavy atom. The average Bonchev–Trinajstić information content (AvgIpc) is 3.33. The SMILES string of the molecule is CCOC(=O)COC[C@@]1(C(C)(C)C)C[C@H](NC(=O)c2nn(C(C)C)c3ccccc23)CN1C(=O)O. The maximum absolute atomic E-state index is 13.3. The molecule has 1 aromatic heterocycles. The first-order valence-corrected chi connectivity index (χ1v) is 11.9. The summed E-state index contributed by atoms with van der Waals surface area (Å²) in [5, 5.41) is 18.3. The largest absolute Gasteiger partial charge is 0.465 e. The molecule has 10 nitrogen and oxygen atoms in total. The maximum atomic E-state index is 13.3. The first kappa shape index (κ1) is 26.5. The van der Waals surface area contributed by atoms with E-state index in [0.717, 1.165) is 10.9 Å². The fraction of sp³-hybridized carbons (Fsp3) is 0.600. The van der Waals surface area contributed by atoms with Crippen molar-refractivity contribution < 1.29 is 29.0 Å². The minimum Gasteiger partial charge on any atom is -0.465 e. The van der Waals surface area contributed by atoms with Gasteiger partial charge in [0.1, 0.15) is 6.61 Å². The number of likely N-dealkylation sites (tertiary alicyclic amines) is 1. The second kappa shape index (κ2) is 10.2. The molecule has 2 amide bonds. The number of hydrogen-bond donors (Lipinski definition) is 2. The lowest BCUT2D eigenvalue weighted by atomic mass is 9.72. The number of esters is 1. The van der Waals surface area contributed by atoms with Crippen LogP contribution in [-0.4, -0.2) is 75.7 Å². The van der Waals surface area contributed by atoms with Crippen LogP contribution in [0.15, 0.2) is 24.3 Å². The van der Waals surface area contributed by atoms with Crippen molar-refractivity contribution in [3.05, 3.63) is 30.0 Å². The summed E-state index contributed by atoms with van der Waals surface area (Å²) in [6.45, 7) is 11.6. The Labute approximate surface area is 205 Å². The van der Waals surface area contributed by atoms with Crippen molar-refractivity contribution >= 4 is 28.9 Å². The van der Waals surface area contributed by atoms with E-state index in [0.29, 0.717) is 12.1 Å². The number of carbonyl (C=O) groups is 3. The van der Waals surface area contributed by atoms with Gasteiger partial charge < -0.3 is 19.9 Å². The molecule has 1 aromatic carbocycles. The second-order valence-corrected chi connectivity index (χ2v) is 10.3. The van der Waals surface area contributed by atoms with Crippen LogP contribution in [0.5, 0.6) is 0 Å². The zero-order valence-corrected chi connectivity index (χ0v) is 21.3. The van der Waals surface area contributed by atoms with Crippen molar-refractivity contribution in [3.63, 3.8) is 0 Å². The van der Waals surface area contributed by atoms with Gasteiger partial charge in [-0.05, 0) is 38.7 Å². The number of ether oxygens (including phenoxy) is 2. The molecule has 1 aliphatic rings. The molecule has 1 fully saturated rings. The zero-order chi connectivity index (χ0) is 26.0. The van der Waals surface area contributed by atoms with Crippen LogP contribution in [0.1, 0.15) is 64.5 Å². The highest BCUT2D eigenvalue weighted by molar-refractivity contribution is 6.05. The fourth-order valence-corrected chi connectivity index (χ4v) is 4.81. The molecule has 0 unspecified atom stereocenters. The molecule has 0 bridgehead atoms. The van der Waals surface area contributed by atoms with Gasteiger partial charge >= 0.3 is 12.1 Å². The number of carbonyl (C=O) groups excluding carboxylic acids is 2. The quantitative estimate of drug-likeness (QED) is 0.546. The standard InChI is InChI=1S/C25H36N4O6/c1-7-35-20(30)14-34-15-25(24(4,5)6)12-17(13-28(25)23(32)33)26-22(31)21-18-10-8-9-11-19(18)29(27-21)16(2)3/h8-11,16-17H,7,12-15H2,1-6H3,(H,26,31)(H,32,33)/t17-,25+/m0/s1. The van der Waals surface area contributed by atoms with E-state index in [9.17, 15) is 19.5 Å². The molecule has 3 rings (SSSR count). The molecule has 192 valence electrons. The predicted octanol–water partition coefficient (Wildman–Crippen LogP) is 3.46. The Balaban J connectivity index is 1.85. The number of aromatic nitrogens is 2. The van der Waals surface area contributed by atoms with Gasteiger partial charge in [-0.1, -0.05) is 39.0 Å². The van der Waals surface area contributed by atoms with Gasteiger partial charge in [-0.3, -0.25) is 14.4 Å². The van der Waals surface area contributed by atoms with Gasteiger partial charge in [-0.25, -0.2) is 9.59 Å². The van der Waals surface area contributed by atoms with E-state index in [4.69, 9.17) is 9.47 Å². The lowest BCUT2D eigenvalue weighted by molar-refractivity contribution is -0.150. The summed E-state index contributed by atoms with van der Waals surface area (Å²) < 4.78 is 12.4. The highest BCUT2D eigenvalue weighted by atomic mass is 16.6. The predicted molar refractivity (Wildman–Crippen MR) is 130 cm³/mol. The smallest absolute Gasteiger partial charge is 0.407 e. The van der Waals surface area contributed by atoms with E-state index < -0.39 is 29.1 Å². The third kappa shape index (κ3) is 5.27. The Morgan fingerprint density at radius 2 is 1.94 bits per heavy atom. The van der Waals surface area contributed by atoms with Crippen molar-refractivity contribution in [2.24, 2.45) is 5.41 Å². The van der Waals surface area contributed by atoms with Gasteiger partial charge in [0.25, 0.3) is 5.91 Å². The highest BCUT2D eigenvalue weighted by Crippen LogP contribution is 2.44. The molecule has 0 spiro atoms. The summed E-state index contributed by atoms with van der Waals surface area (Å²) >= 11 is 0. The fourth-order valence-electron chi connectivity index (χ4n) is 4.81. The summed E-state index contributed by atoms with van der Waals surface area (Å²) in [5.41, 5.74) is -0.320. The van der Waals surface area contributed by atoms with Crippen LogP contribution in [0, 0.1) is 5.41 Å². The van der Waals surface area contributed by atoms with Crippen molar-refractivity contribution in [2.45, 2.75) is 65.6 Å². The molecule has 2 heterocycles. The highest BCUT2D eigenvalue weighted by Gasteiger charge is 2.55. The molecule has 2 aromatic rings. The number of amides is 2. The minimum absolute atomic E-state index is 0.00110. The number of hydrogen-bond acceptors (Lipinski definition) is 6. The normalized spacial score (nSPS) is 20.4. The summed E-state index contributed by atoms with van der Waals surface area (Å²) in [6, 6.07) is 7.16. The lowest BCUT2D eigenvalue weighted by Gasteiger charge is -2.46. The van der Waals surface area contributed by atoms with Gasteiger partial charge in [0.15, 0.2) is 5.69 Å². The first-order chi connectivity index (χ1) is 16.4. The molecule has 1 saturated heterocycles. The summed E-state index contributed by atoms with van der Waals surface area (Å²) in [7, 11) is 0. The molecule has 35 heavy (non-hydrogen) atoms. The number of nitrogens with one attached hydrogen (secondary N) is 1. The Hall–Kier alpha value is -3.14. The summed E-state index contributed by atoms with van der Waals surface area (Å²) in [6.07, 6.45) is -0.772. The lowest BCUT2D eigenvalue weighted by Crippen LogP contribution is -2.58. The molecule has 0 aliphatic carbocycles. The van der Waals surface area contributed by atoms with Crippen molar-refractivity contribution in [2.75, 3.05) is 26.4 Å². The molecule has 1 aliphatic heterocycles. The van der Waals surface area contributed by atoms with Crippen LogP contribution < -0.4 is 5.32 Å². The van der Waals surface area contributed by atoms with Crippen molar-refractivity contribution in [1.29, 1.82) is 0 Å². The number of rotatable bonds is 8. The van der Waals surface area contributed by atoms with Crippen LogP contribution in [0.2, 0.25) is 0 Å². The van der Waals surface area contributed by atoms with Crippen molar-refractivity contribution in [1.82, 2.24) is 20.0 Å². The Bertz CT molecular complexity index is 1090. The summed E-state index contributed by atoms with van der Waals surface area (Å²) in [5.74, 6) is -0.859. The monoisotopic (exact) mass is 488 g/mol. The molecule has 0 saturated carbocycles. The molecular weight excluding hydrogens is 452 g/mol. The van der Waals surface area contributed by atoms with Gasteiger partial charge in [-0.15, -0.1) is 0 Å². The third-order valence-corrected chi connectivity index (χ3v) is 6.65. The van der Waals surface area contributed by atoms with Gasteiger partial charge in [0, 0.05) is 24.0 Å². The van der Waals surface area contributed by atoms with Gasteiger partial charge in [0.2, 0.25) is 0 Å². The van der Waals surface area contributed by atoms with E-state index in [-0.39, 0.29) is 38.3 Å². The molecule has 10 heteroatoms. The number of fused-ring (bicyclic) bond motifs is 1. The molecule has 2 atom stereocenters. The number of para-hydroxylation sites is 1. The van der Waals surface area contributed by atoms with E-state index in [1.165, 1.54) is 4.90 Å². The van der Waals surface area contributed by atoms with E-state index in [1.807, 2.05) is 63.6 Å². The maximum Gasteiger partial charge on any atom is 0.407 e. The van der Waals surface area contributed by atoms with E-state index in [1.54, 1.807) is 6.92 Å². The summed E-state index contributed by atoms with van der Waals surface area (Å²) in [4.78, 5) is 38.7. The number of nitrogens with zero attached hydrogens (tertiary/aromatic N) is 3. The first-order valence-electron chi connectivity index (χ1n) is 11.9. The van der Waals surface area contributed by atoms with Crippen LogP contribution in [-0.2, 0) is 14.3 Å². The topological polar surface area (TPSA) is 123 Å². The van der Waals surface area contributed by atoms with Crippen molar-refractivity contribution in [3.8, 4) is 0 Å². The number of benzene rings is 1. The Kier molecular flexibility index (Phi) is 7.74. The van der Waals surface area contributed by atoms with Crippen LogP contribution >= 0.6 is 0 Å². The van der Waals surface area contributed by atoms with Gasteiger partial charge in [0.05, 0.1) is 24.3 Å². The molecule has 0 radical (unpaired) electrons. The third-order valence-electron chi connectivity index (χ3n) is 6.65. The Morgan fingerprint density at radius 1 is 1.26 bits per heavy atom. The molecule has 2 N–H and O–H groups in total. The molecular formula is C25H36N4O6.